The van der Waals surface area contributed by atoms with Gasteiger partial charge in [0.2, 0.25) is 10.0 Å². The zero-order valence-corrected chi connectivity index (χ0v) is 11.7. The SMILES string of the molecule is CCc1c(C(=O)O)c(S(N)(=O)=O)c(C(C)C)n1C. The van der Waals surface area contributed by atoms with Crippen molar-refractivity contribution in [1.29, 1.82) is 0 Å². The Balaban J connectivity index is 3.90. The number of rotatable bonds is 4. The molecule has 0 aliphatic carbocycles. The van der Waals surface area contributed by atoms with Gasteiger partial charge in [-0.05, 0) is 12.3 Å². The lowest BCUT2D eigenvalue weighted by Gasteiger charge is -2.10. The minimum Gasteiger partial charge on any atom is -0.478 e. The van der Waals surface area contributed by atoms with Crippen molar-refractivity contribution in [3.63, 3.8) is 0 Å². The molecule has 0 atom stereocenters. The summed E-state index contributed by atoms with van der Waals surface area (Å²) in [5.41, 5.74) is 0.702. The zero-order chi connectivity index (χ0) is 14.2. The van der Waals surface area contributed by atoms with Gasteiger partial charge in [0.1, 0.15) is 10.5 Å². The highest BCUT2D eigenvalue weighted by Gasteiger charge is 2.32. The molecule has 3 N–H and O–H groups in total. The number of aromatic carboxylic acids is 1. The van der Waals surface area contributed by atoms with Gasteiger partial charge < -0.3 is 9.67 Å². The Kier molecular flexibility index (Phi) is 3.87. The van der Waals surface area contributed by atoms with E-state index in [2.05, 4.69) is 0 Å². The first-order valence-electron chi connectivity index (χ1n) is 5.60. The first kappa shape index (κ1) is 14.7. The highest BCUT2D eigenvalue weighted by Crippen LogP contribution is 2.31. The first-order valence-corrected chi connectivity index (χ1v) is 7.15. The van der Waals surface area contributed by atoms with E-state index in [1.165, 1.54) is 0 Å². The highest BCUT2D eigenvalue weighted by atomic mass is 32.2. The van der Waals surface area contributed by atoms with Gasteiger partial charge in [0, 0.05) is 18.4 Å². The van der Waals surface area contributed by atoms with E-state index in [9.17, 15) is 18.3 Å². The maximum atomic E-state index is 11.7. The average molecular weight is 274 g/mol. The number of primary sulfonamides is 1. The van der Waals surface area contributed by atoms with E-state index in [-0.39, 0.29) is 16.4 Å². The van der Waals surface area contributed by atoms with Gasteiger partial charge in [-0.3, -0.25) is 0 Å². The standard InChI is InChI=1S/C11H18N2O4S/c1-5-7-8(11(14)15)10(18(12,16)17)9(6(2)3)13(7)4/h6H,5H2,1-4H3,(H,14,15)(H2,12,16,17). The molecule has 0 radical (unpaired) electrons. The molecule has 0 fully saturated rings. The van der Waals surface area contributed by atoms with Crippen molar-refractivity contribution < 1.29 is 18.3 Å². The molecule has 102 valence electrons. The minimum absolute atomic E-state index is 0.137. The predicted octanol–water partition coefficient (Wildman–Crippen LogP) is 1.06. The topological polar surface area (TPSA) is 102 Å². The summed E-state index contributed by atoms with van der Waals surface area (Å²) in [5.74, 6) is -1.40. The number of nitrogens with two attached hydrogens (primary N) is 1. The molecule has 7 heteroatoms. The summed E-state index contributed by atoms with van der Waals surface area (Å²) in [5, 5.41) is 14.4. The van der Waals surface area contributed by atoms with Crippen LogP contribution in [0.5, 0.6) is 0 Å². The fraction of sp³-hybridized carbons (Fsp3) is 0.545. The molecule has 0 aromatic carbocycles. The number of carboxylic acids is 1. The number of nitrogens with zero attached hydrogens (tertiary/aromatic N) is 1. The number of aromatic nitrogens is 1. The van der Waals surface area contributed by atoms with Gasteiger partial charge >= 0.3 is 5.97 Å². The third kappa shape index (κ3) is 2.28. The predicted molar refractivity (Wildman–Crippen MR) is 67.2 cm³/mol. The largest absolute Gasteiger partial charge is 0.478 e. The number of hydrogen-bond donors (Lipinski definition) is 2. The summed E-state index contributed by atoms with van der Waals surface area (Å²) in [6, 6.07) is 0. The third-order valence-corrected chi connectivity index (χ3v) is 3.88. The summed E-state index contributed by atoms with van der Waals surface area (Å²) >= 11 is 0. The highest BCUT2D eigenvalue weighted by molar-refractivity contribution is 7.89. The Morgan fingerprint density at radius 2 is 1.94 bits per heavy atom. The van der Waals surface area contributed by atoms with E-state index in [0.717, 1.165) is 0 Å². The molecule has 18 heavy (non-hydrogen) atoms. The van der Waals surface area contributed by atoms with Crippen molar-refractivity contribution in [2.75, 3.05) is 0 Å². The van der Waals surface area contributed by atoms with E-state index >= 15 is 0 Å². The molecule has 1 heterocycles. The Bertz CT molecular complexity index is 585. The van der Waals surface area contributed by atoms with Crippen LogP contribution in [0.4, 0.5) is 0 Å². The second-order valence-corrected chi connectivity index (χ2v) is 5.95. The van der Waals surface area contributed by atoms with E-state index in [0.29, 0.717) is 17.8 Å². The van der Waals surface area contributed by atoms with Crippen molar-refractivity contribution in [1.82, 2.24) is 4.57 Å². The maximum Gasteiger partial charge on any atom is 0.338 e. The number of carboxylic acid groups (broad SMARTS) is 1. The van der Waals surface area contributed by atoms with Gasteiger partial charge in [0.05, 0.1) is 0 Å². The van der Waals surface area contributed by atoms with Gasteiger partial charge in [0.15, 0.2) is 0 Å². The maximum absolute atomic E-state index is 11.7. The second-order valence-electron chi connectivity index (χ2n) is 4.45. The van der Waals surface area contributed by atoms with Crippen LogP contribution in [0.3, 0.4) is 0 Å². The van der Waals surface area contributed by atoms with Crippen molar-refractivity contribution in [3.8, 4) is 0 Å². The van der Waals surface area contributed by atoms with Crippen LogP contribution in [0.15, 0.2) is 4.90 Å². The molecule has 1 aromatic rings. The Morgan fingerprint density at radius 1 is 1.44 bits per heavy atom. The Morgan fingerprint density at radius 3 is 2.22 bits per heavy atom. The van der Waals surface area contributed by atoms with Crippen LogP contribution in [0.2, 0.25) is 0 Å². The van der Waals surface area contributed by atoms with Crippen LogP contribution in [0, 0.1) is 0 Å². The van der Waals surface area contributed by atoms with Crippen LogP contribution < -0.4 is 5.14 Å². The van der Waals surface area contributed by atoms with Crippen molar-refractivity contribution in [3.05, 3.63) is 17.0 Å². The molecular weight excluding hydrogens is 256 g/mol. The number of carbonyl (C=O) groups is 1. The van der Waals surface area contributed by atoms with Crippen LogP contribution in [-0.2, 0) is 23.5 Å². The molecule has 0 aliphatic rings. The van der Waals surface area contributed by atoms with Gasteiger partial charge in [-0.25, -0.2) is 18.4 Å². The molecule has 0 saturated carbocycles. The Hall–Kier alpha value is -1.34. The van der Waals surface area contributed by atoms with E-state index in [1.807, 2.05) is 0 Å². The average Bonchev–Trinajstić information content (AvgIpc) is 2.50. The van der Waals surface area contributed by atoms with Gasteiger partial charge in [-0.1, -0.05) is 20.8 Å². The zero-order valence-electron chi connectivity index (χ0n) is 10.9. The fourth-order valence-corrected chi connectivity index (χ4v) is 3.45. The molecule has 1 aromatic heterocycles. The minimum atomic E-state index is -4.07. The van der Waals surface area contributed by atoms with Gasteiger partial charge in [0.25, 0.3) is 0 Å². The quantitative estimate of drug-likeness (QED) is 0.856. The van der Waals surface area contributed by atoms with Crippen LogP contribution >= 0.6 is 0 Å². The molecule has 0 aliphatic heterocycles. The summed E-state index contributed by atoms with van der Waals surface area (Å²) in [4.78, 5) is 11.0. The molecule has 0 amide bonds. The molecular formula is C11H18N2O4S. The Labute approximate surface area is 106 Å². The number of sulfonamides is 1. The van der Waals surface area contributed by atoms with Crippen LogP contribution in [0.25, 0.3) is 0 Å². The summed E-state index contributed by atoms with van der Waals surface area (Å²) in [6.07, 6.45) is 0.424. The molecule has 0 saturated heterocycles. The van der Waals surface area contributed by atoms with Gasteiger partial charge in [-0.2, -0.15) is 0 Å². The molecule has 1 rings (SSSR count). The monoisotopic (exact) mass is 274 g/mol. The lowest BCUT2D eigenvalue weighted by Crippen LogP contribution is -2.18. The number of hydrogen-bond acceptors (Lipinski definition) is 3. The van der Waals surface area contributed by atoms with E-state index in [1.54, 1.807) is 32.4 Å². The van der Waals surface area contributed by atoms with Crippen molar-refractivity contribution in [2.24, 2.45) is 12.2 Å². The summed E-state index contributed by atoms with van der Waals surface area (Å²) in [6.45, 7) is 5.38. The van der Waals surface area contributed by atoms with E-state index < -0.39 is 16.0 Å². The fourth-order valence-electron chi connectivity index (χ4n) is 2.30. The summed E-state index contributed by atoms with van der Waals surface area (Å²) < 4.78 is 25.0. The lowest BCUT2D eigenvalue weighted by atomic mass is 10.1. The lowest BCUT2D eigenvalue weighted by molar-refractivity contribution is 0.0691. The second kappa shape index (κ2) is 4.74. The third-order valence-electron chi connectivity index (χ3n) is 2.89. The van der Waals surface area contributed by atoms with E-state index in [4.69, 9.17) is 5.14 Å². The van der Waals surface area contributed by atoms with Gasteiger partial charge in [-0.15, -0.1) is 0 Å². The molecule has 6 nitrogen and oxygen atoms in total. The summed E-state index contributed by atoms with van der Waals surface area (Å²) in [7, 11) is -2.41. The van der Waals surface area contributed by atoms with Crippen molar-refractivity contribution >= 4 is 16.0 Å². The molecule has 0 bridgehead atoms. The van der Waals surface area contributed by atoms with Crippen molar-refractivity contribution in [2.45, 2.75) is 38.0 Å². The van der Waals surface area contributed by atoms with Crippen LogP contribution in [-0.4, -0.2) is 24.1 Å². The molecule has 0 spiro atoms. The first-order chi connectivity index (χ1) is 8.12. The van der Waals surface area contributed by atoms with Crippen LogP contribution in [0.1, 0.15) is 48.4 Å². The molecule has 0 unspecified atom stereocenters. The smallest absolute Gasteiger partial charge is 0.338 e. The normalized spacial score (nSPS) is 12.1.